The zero-order valence-electron chi connectivity index (χ0n) is 10.9. The van der Waals surface area contributed by atoms with Crippen LogP contribution < -0.4 is 11.1 Å². The molecule has 0 saturated carbocycles. The van der Waals surface area contributed by atoms with E-state index in [0.717, 1.165) is 5.56 Å². The van der Waals surface area contributed by atoms with Crippen LogP contribution in [0.1, 0.15) is 28.4 Å². The molecule has 0 fully saturated rings. The van der Waals surface area contributed by atoms with Crippen molar-refractivity contribution in [3.8, 4) is 11.8 Å². The standard InChI is InChI=1S/C14H16N2O3/c1-9-5-6-11(4-3-7-17)12(8-9)14(19)16-10(2)13(15)18/h5-6,8,10,17H,7H2,1-2H3,(H2,15,18)(H,16,19). The van der Waals surface area contributed by atoms with E-state index in [1.807, 2.05) is 13.0 Å². The van der Waals surface area contributed by atoms with Gasteiger partial charge in [-0.05, 0) is 26.0 Å². The van der Waals surface area contributed by atoms with Gasteiger partial charge in [-0.25, -0.2) is 0 Å². The first-order chi connectivity index (χ1) is 8.95. The fourth-order valence-electron chi connectivity index (χ4n) is 1.44. The van der Waals surface area contributed by atoms with E-state index in [1.54, 1.807) is 12.1 Å². The number of primary amides is 1. The molecule has 1 atom stereocenters. The van der Waals surface area contributed by atoms with Crippen molar-refractivity contribution in [1.82, 2.24) is 5.32 Å². The highest BCUT2D eigenvalue weighted by atomic mass is 16.2. The number of hydrogen-bond donors (Lipinski definition) is 3. The van der Waals surface area contributed by atoms with E-state index in [9.17, 15) is 9.59 Å². The van der Waals surface area contributed by atoms with E-state index < -0.39 is 17.9 Å². The summed E-state index contributed by atoms with van der Waals surface area (Å²) in [5, 5.41) is 11.2. The molecule has 5 nitrogen and oxygen atoms in total. The number of aryl methyl sites for hydroxylation is 1. The first-order valence-electron chi connectivity index (χ1n) is 5.76. The van der Waals surface area contributed by atoms with Crippen molar-refractivity contribution in [3.63, 3.8) is 0 Å². The number of aliphatic hydroxyl groups excluding tert-OH is 1. The van der Waals surface area contributed by atoms with Crippen molar-refractivity contribution in [1.29, 1.82) is 0 Å². The van der Waals surface area contributed by atoms with Crippen molar-refractivity contribution < 1.29 is 14.7 Å². The van der Waals surface area contributed by atoms with Crippen LogP contribution >= 0.6 is 0 Å². The molecule has 1 aromatic rings. The van der Waals surface area contributed by atoms with Gasteiger partial charge in [0, 0.05) is 5.56 Å². The Morgan fingerprint density at radius 1 is 1.47 bits per heavy atom. The fourth-order valence-corrected chi connectivity index (χ4v) is 1.44. The molecule has 0 radical (unpaired) electrons. The summed E-state index contributed by atoms with van der Waals surface area (Å²) >= 11 is 0. The first-order valence-corrected chi connectivity index (χ1v) is 5.76. The van der Waals surface area contributed by atoms with Gasteiger partial charge in [-0.2, -0.15) is 0 Å². The van der Waals surface area contributed by atoms with Crippen LogP contribution in [-0.4, -0.2) is 29.6 Å². The van der Waals surface area contributed by atoms with E-state index in [0.29, 0.717) is 11.1 Å². The molecule has 1 unspecified atom stereocenters. The maximum atomic E-state index is 12.0. The van der Waals surface area contributed by atoms with Crippen LogP contribution in [0.2, 0.25) is 0 Å². The zero-order chi connectivity index (χ0) is 14.4. The monoisotopic (exact) mass is 260 g/mol. The Morgan fingerprint density at radius 3 is 2.74 bits per heavy atom. The Kier molecular flexibility index (Phi) is 5.10. The van der Waals surface area contributed by atoms with Crippen molar-refractivity contribution in [2.75, 3.05) is 6.61 Å². The molecule has 0 bridgehead atoms. The Labute approximate surface area is 111 Å². The maximum Gasteiger partial charge on any atom is 0.253 e. The van der Waals surface area contributed by atoms with Crippen LogP contribution in [0.25, 0.3) is 0 Å². The number of hydrogen-bond acceptors (Lipinski definition) is 3. The number of amides is 2. The minimum Gasteiger partial charge on any atom is -0.384 e. The molecule has 19 heavy (non-hydrogen) atoms. The average molecular weight is 260 g/mol. The molecule has 1 rings (SSSR count). The summed E-state index contributed by atoms with van der Waals surface area (Å²) in [6.45, 7) is 3.07. The number of nitrogens with two attached hydrogens (primary N) is 1. The predicted molar refractivity (Wildman–Crippen MR) is 71.3 cm³/mol. The third kappa shape index (κ3) is 4.12. The fraction of sp³-hybridized carbons (Fsp3) is 0.286. The molecule has 1 aromatic carbocycles. The van der Waals surface area contributed by atoms with Crippen LogP contribution in [0.3, 0.4) is 0 Å². The second-order valence-electron chi connectivity index (χ2n) is 4.11. The summed E-state index contributed by atoms with van der Waals surface area (Å²) in [5.74, 6) is 4.16. The van der Waals surface area contributed by atoms with E-state index in [4.69, 9.17) is 10.8 Å². The summed E-state index contributed by atoms with van der Waals surface area (Å²) in [4.78, 5) is 23.0. The smallest absolute Gasteiger partial charge is 0.253 e. The molecule has 100 valence electrons. The molecule has 2 amide bonds. The third-order valence-electron chi connectivity index (χ3n) is 2.50. The number of nitrogens with one attached hydrogen (secondary N) is 1. The minimum absolute atomic E-state index is 0.285. The van der Waals surface area contributed by atoms with Crippen LogP contribution in [0, 0.1) is 18.8 Å². The number of rotatable bonds is 3. The average Bonchev–Trinajstić information content (AvgIpc) is 2.36. The Morgan fingerprint density at radius 2 is 2.16 bits per heavy atom. The van der Waals surface area contributed by atoms with Crippen molar-refractivity contribution in [2.45, 2.75) is 19.9 Å². The highest BCUT2D eigenvalue weighted by Gasteiger charge is 2.16. The van der Waals surface area contributed by atoms with E-state index >= 15 is 0 Å². The molecular formula is C14H16N2O3. The lowest BCUT2D eigenvalue weighted by atomic mass is 10.0. The van der Waals surface area contributed by atoms with Gasteiger partial charge < -0.3 is 16.2 Å². The Balaban J connectivity index is 3.07. The quantitative estimate of drug-likeness (QED) is 0.665. The van der Waals surface area contributed by atoms with Gasteiger partial charge in [0.15, 0.2) is 0 Å². The van der Waals surface area contributed by atoms with Crippen molar-refractivity contribution in [3.05, 3.63) is 34.9 Å². The predicted octanol–water partition coefficient (Wildman–Crippen LogP) is -0.0576. The molecule has 4 N–H and O–H groups in total. The number of carbonyl (C=O) groups excluding carboxylic acids is 2. The number of benzene rings is 1. The number of aliphatic hydroxyl groups is 1. The normalized spacial score (nSPS) is 11.1. The van der Waals surface area contributed by atoms with Crippen LogP contribution in [-0.2, 0) is 4.79 Å². The van der Waals surface area contributed by atoms with Gasteiger partial charge >= 0.3 is 0 Å². The highest BCUT2D eigenvalue weighted by Crippen LogP contribution is 2.11. The Hall–Kier alpha value is -2.32. The maximum absolute atomic E-state index is 12.0. The molecule has 0 aromatic heterocycles. The molecule has 0 saturated heterocycles. The number of carbonyl (C=O) groups is 2. The first kappa shape index (κ1) is 14.7. The SMILES string of the molecule is Cc1ccc(C#CCO)c(C(=O)NC(C)C(N)=O)c1. The second kappa shape index (κ2) is 6.57. The summed E-state index contributed by atoms with van der Waals surface area (Å²) in [5.41, 5.74) is 6.84. The molecule has 0 aliphatic heterocycles. The van der Waals surface area contributed by atoms with Crippen LogP contribution in [0.4, 0.5) is 0 Å². The summed E-state index contributed by atoms with van der Waals surface area (Å²) in [6.07, 6.45) is 0. The van der Waals surface area contributed by atoms with Gasteiger partial charge in [0.1, 0.15) is 12.6 Å². The molecular weight excluding hydrogens is 244 g/mol. The molecule has 0 aliphatic rings. The van der Waals surface area contributed by atoms with Crippen molar-refractivity contribution >= 4 is 11.8 Å². The summed E-state index contributed by atoms with van der Waals surface area (Å²) in [6, 6.07) is 4.42. The van der Waals surface area contributed by atoms with Crippen LogP contribution in [0.15, 0.2) is 18.2 Å². The zero-order valence-corrected chi connectivity index (χ0v) is 10.9. The van der Waals surface area contributed by atoms with Gasteiger partial charge in [-0.1, -0.05) is 23.5 Å². The van der Waals surface area contributed by atoms with Crippen molar-refractivity contribution in [2.24, 2.45) is 5.73 Å². The summed E-state index contributed by atoms with van der Waals surface area (Å²) < 4.78 is 0. The van der Waals surface area contributed by atoms with E-state index in [2.05, 4.69) is 17.2 Å². The minimum atomic E-state index is -0.758. The molecule has 0 aliphatic carbocycles. The second-order valence-corrected chi connectivity index (χ2v) is 4.11. The lowest BCUT2D eigenvalue weighted by Crippen LogP contribution is -2.42. The van der Waals surface area contributed by atoms with Gasteiger partial charge in [0.2, 0.25) is 5.91 Å². The van der Waals surface area contributed by atoms with Gasteiger partial charge in [-0.3, -0.25) is 9.59 Å². The summed E-state index contributed by atoms with van der Waals surface area (Å²) in [7, 11) is 0. The largest absolute Gasteiger partial charge is 0.384 e. The van der Waals surface area contributed by atoms with Crippen LogP contribution in [0.5, 0.6) is 0 Å². The highest BCUT2D eigenvalue weighted by molar-refractivity contribution is 5.99. The van der Waals surface area contributed by atoms with Gasteiger partial charge in [-0.15, -0.1) is 0 Å². The molecule has 0 spiro atoms. The lowest BCUT2D eigenvalue weighted by Gasteiger charge is -2.11. The molecule has 5 heteroatoms. The van der Waals surface area contributed by atoms with Gasteiger partial charge in [0.05, 0.1) is 5.56 Å². The van der Waals surface area contributed by atoms with Gasteiger partial charge in [0.25, 0.3) is 5.91 Å². The molecule has 0 heterocycles. The van der Waals surface area contributed by atoms with E-state index in [1.165, 1.54) is 6.92 Å². The third-order valence-corrected chi connectivity index (χ3v) is 2.50. The Bertz CT molecular complexity index is 556. The topological polar surface area (TPSA) is 92.4 Å². The lowest BCUT2D eigenvalue weighted by molar-refractivity contribution is -0.119. The van der Waals surface area contributed by atoms with E-state index in [-0.39, 0.29) is 6.61 Å².